The Kier molecular flexibility index (Phi) is 2.89. The fourth-order valence-corrected chi connectivity index (χ4v) is 2.23. The Morgan fingerprint density at radius 2 is 2.00 bits per heavy atom. The number of carbonyl (C=O) groups excluding carboxylic acids is 2. The Hall–Kier alpha value is -1.84. The van der Waals surface area contributed by atoms with Gasteiger partial charge in [-0.2, -0.15) is 0 Å². The highest BCUT2D eigenvalue weighted by Crippen LogP contribution is 2.33. The van der Waals surface area contributed by atoms with Crippen LogP contribution in [0.15, 0.2) is 18.2 Å². The van der Waals surface area contributed by atoms with E-state index >= 15 is 0 Å². The van der Waals surface area contributed by atoms with Crippen LogP contribution < -0.4 is 5.73 Å². The maximum Gasteiger partial charge on any atom is 0.235 e. The van der Waals surface area contributed by atoms with Crippen molar-refractivity contribution in [2.45, 2.75) is 33.7 Å². The van der Waals surface area contributed by atoms with Crippen molar-refractivity contribution in [1.82, 2.24) is 4.90 Å². The van der Waals surface area contributed by atoms with E-state index in [1.807, 2.05) is 25.1 Å². The molecule has 2 N–H and O–H groups in total. The molecule has 1 fully saturated rings. The van der Waals surface area contributed by atoms with Gasteiger partial charge in [-0.1, -0.05) is 26.0 Å². The summed E-state index contributed by atoms with van der Waals surface area (Å²) in [4.78, 5) is 25.3. The summed E-state index contributed by atoms with van der Waals surface area (Å²) >= 11 is 0. The van der Waals surface area contributed by atoms with Gasteiger partial charge in [-0.25, -0.2) is 0 Å². The first-order valence-corrected chi connectivity index (χ1v) is 6.02. The lowest BCUT2D eigenvalue weighted by Crippen LogP contribution is -2.32. The number of hydrogen-bond acceptors (Lipinski definition) is 3. The number of anilines is 1. The molecule has 1 saturated heterocycles. The van der Waals surface area contributed by atoms with E-state index in [2.05, 4.69) is 0 Å². The predicted molar refractivity (Wildman–Crippen MR) is 69.5 cm³/mol. The summed E-state index contributed by atoms with van der Waals surface area (Å²) in [7, 11) is 0. The van der Waals surface area contributed by atoms with Crippen LogP contribution in [0.3, 0.4) is 0 Å². The molecule has 4 nitrogen and oxygen atoms in total. The second kappa shape index (κ2) is 4.12. The van der Waals surface area contributed by atoms with E-state index < -0.39 is 5.41 Å². The molecule has 4 heteroatoms. The molecule has 0 spiro atoms. The molecule has 0 bridgehead atoms. The van der Waals surface area contributed by atoms with Crippen molar-refractivity contribution in [2.75, 3.05) is 5.73 Å². The predicted octanol–water partition coefficient (Wildman–Crippen LogP) is 1.86. The smallest absolute Gasteiger partial charge is 0.235 e. The molecule has 18 heavy (non-hydrogen) atoms. The van der Waals surface area contributed by atoms with Crippen molar-refractivity contribution in [3.05, 3.63) is 29.3 Å². The summed E-state index contributed by atoms with van der Waals surface area (Å²) in [5.41, 5.74) is 7.80. The van der Waals surface area contributed by atoms with E-state index in [-0.39, 0.29) is 18.2 Å². The Morgan fingerprint density at radius 3 is 2.56 bits per heavy atom. The summed E-state index contributed by atoms with van der Waals surface area (Å²) in [6, 6.07) is 5.56. The molecular weight excluding hydrogens is 228 g/mol. The quantitative estimate of drug-likeness (QED) is 0.640. The molecule has 1 aromatic rings. The fourth-order valence-electron chi connectivity index (χ4n) is 2.23. The first-order valence-electron chi connectivity index (χ1n) is 6.02. The Bertz CT molecular complexity index is 521. The number of likely N-dealkylation sites (tertiary alicyclic amines) is 1. The van der Waals surface area contributed by atoms with Crippen LogP contribution in [0.2, 0.25) is 0 Å². The van der Waals surface area contributed by atoms with Gasteiger partial charge in [-0.3, -0.25) is 14.5 Å². The Labute approximate surface area is 107 Å². The van der Waals surface area contributed by atoms with Crippen LogP contribution in [-0.4, -0.2) is 16.7 Å². The van der Waals surface area contributed by atoms with Gasteiger partial charge in [-0.15, -0.1) is 0 Å². The van der Waals surface area contributed by atoms with Gasteiger partial charge >= 0.3 is 0 Å². The first-order chi connectivity index (χ1) is 8.33. The van der Waals surface area contributed by atoms with Crippen LogP contribution >= 0.6 is 0 Å². The van der Waals surface area contributed by atoms with Crippen LogP contribution in [-0.2, 0) is 16.1 Å². The molecule has 0 aliphatic carbocycles. The number of hydrogen-bond donors (Lipinski definition) is 1. The van der Waals surface area contributed by atoms with Gasteiger partial charge < -0.3 is 5.73 Å². The second-order valence-electron chi connectivity index (χ2n) is 5.48. The zero-order valence-electron chi connectivity index (χ0n) is 11.0. The van der Waals surface area contributed by atoms with Crippen LogP contribution in [0.4, 0.5) is 5.69 Å². The van der Waals surface area contributed by atoms with Crippen molar-refractivity contribution < 1.29 is 9.59 Å². The molecule has 1 aromatic carbocycles. The monoisotopic (exact) mass is 246 g/mol. The minimum absolute atomic E-state index is 0.102. The molecule has 1 aliphatic rings. The molecule has 0 unspecified atom stereocenters. The fraction of sp³-hybridized carbons (Fsp3) is 0.429. The third-order valence-corrected chi connectivity index (χ3v) is 3.53. The van der Waals surface area contributed by atoms with Gasteiger partial charge in [-0.05, 0) is 24.1 Å². The number of imide groups is 1. The lowest BCUT2D eigenvalue weighted by molar-refractivity contribution is -0.141. The van der Waals surface area contributed by atoms with Crippen LogP contribution in [0.1, 0.15) is 31.4 Å². The molecule has 96 valence electrons. The minimum atomic E-state index is -0.578. The molecule has 0 atom stereocenters. The average molecular weight is 246 g/mol. The van der Waals surface area contributed by atoms with Gasteiger partial charge in [0.1, 0.15) is 0 Å². The molecule has 1 heterocycles. The first kappa shape index (κ1) is 12.6. The zero-order chi connectivity index (χ0) is 13.5. The van der Waals surface area contributed by atoms with Crippen molar-refractivity contribution in [3.63, 3.8) is 0 Å². The third-order valence-electron chi connectivity index (χ3n) is 3.53. The zero-order valence-corrected chi connectivity index (χ0v) is 11.0. The van der Waals surface area contributed by atoms with Gasteiger partial charge in [0.05, 0.1) is 12.0 Å². The maximum atomic E-state index is 12.1. The summed E-state index contributed by atoms with van der Waals surface area (Å²) in [6.45, 7) is 5.83. The highest BCUT2D eigenvalue weighted by Gasteiger charge is 2.44. The topological polar surface area (TPSA) is 63.4 Å². The van der Waals surface area contributed by atoms with Crippen molar-refractivity contribution in [2.24, 2.45) is 5.41 Å². The lowest BCUT2D eigenvalue weighted by atomic mass is 9.92. The van der Waals surface area contributed by atoms with E-state index in [4.69, 9.17) is 5.73 Å². The molecule has 1 aliphatic heterocycles. The average Bonchev–Trinajstić information content (AvgIpc) is 2.47. The number of rotatable bonds is 2. The van der Waals surface area contributed by atoms with E-state index in [1.54, 1.807) is 13.8 Å². The van der Waals surface area contributed by atoms with E-state index in [9.17, 15) is 9.59 Å². The van der Waals surface area contributed by atoms with Crippen molar-refractivity contribution in [1.29, 1.82) is 0 Å². The molecule has 2 amide bonds. The number of nitrogens with zero attached hydrogens (tertiary/aromatic N) is 1. The van der Waals surface area contributed by atoms with Gasteiger partial charge in [0.2, 0.25) is 11.8 Å². The van der Waals surface area contributed by atoms with Gasteiger partial charge in [0.15, 0.2) is 0 Å². The Balaban J connectivity index is 2.27. The molecular formula is C14H18N2O2. The lowest BCUT2D eigenvalue weighted by Gasteiger charge is -2.19. The van der Waals surface area contributed by atoms with E-state index in [1.165, 1.54) is 4.90 Å². The number of benzene rings is 1. The van der Waals surface area contributed by atoms with Crippen LogP contribution in [0.25, 0.3) is 0 Å². The highest BCUT2D eigenvalue weighted by atomic mass is 16.2. The summed E-state index contributed by atoms with van der Waals surface area (Å²) < 4.78 is 0. The second-order valence-corrected chi connectivity index (χ2v) is 5.48. The van der Waals surface area contributed by atoms with Crippen molar-refractivity contribution in [3.8, 4) is 0 Å². The largest absolute Gasteiger partial charge is 0.399 e. The van der Waals surface area contributed by atoms with Gasteiger partial charge in [0, 0.05) is 12.1 Å². The maximum absolute atomic E-state index is 12.1. The Morgan fingerprint density at radius 1 is 1.33 bits per heavy atom. The molecule has 0 aromatic heterocycles. The summed E-state index contributed by atoms with van der Waals surface area (Å²) in [6.07, 6.45) is 0.285. The normalized spacial score (nSPS) is 18.5. The summed E-state index contributed by atoms with van der Waals surface area (Å²) in [5, 5.41) is 0. The summed E-state index contributed by atoms with van der Waals surface area (Å²) in [5.74, 6) is -0.207. The molecule has 0 radical (unpaired) electrons. The van der Waals surface area contributed by atoms with Crippen molar-refractivity contribution >= 4 is 17.5 Å². The number of nitrogen functional groups attached to an aromatic ring is 1. The number of carbonyl (C=O) groups is 2. The SMILES string of the molecule is Cc1c(N)cccc1CN1C(=O)CC(C)(C)C1=O. The number of nitrogens with two attached hydrogens (primary N) is 1. The third kappa shape index (κ3) is 1.98. The van der Waals surface area contributed by atoms with Crippen LogP contribution in [0.5, 0.6) is 0 Å². The molecule has 0 saturated carbocycles. The van der Waals surface area contributed by atoms with Gasteiger partial charge in [0.25, 0.3) is 0 Å². The molecule has 2 rings (SSSR count). The van der Waals surface area contributed by atoms with Crippen LogP contribution in [0, 0.1) is 12.3 Å². The standard InChI is InChI=1S/C14H18N2O2/c1-9-10(5-4-6-11(9)15)8-16-12(17)7-14(2,3)13(16)18/h4-6H,7-8,15H2,1-3H3. The van der Waals surface area contributed by atoms with E-state index in [0.717, 1.165) is 11.1 Å². The minimum Gasteiger partial charge on any atom is -0.399 e. The highest BCUT2D eigenvalue weighted by molar-refractivity contribution is 6.05. The number of amides is 2. The van der Waals surface area contributed by atoms with E-state index in [0.29, 0.717) is 12.2 Å².